The number of carbonyl (C=O) groups is 2. The minimum Gasteiger partial charge on any atom is -0.336 e. The van der Waals surface area contributed by atoms with E-state index in [0.717, 1.165) is 19.4 Å². The predicted octanol–water partition coefficient (Wildman–Crippen LogP) is -0.650. The summed E-state index contributed by atoms with van der Waals surface area (Å²) in [6.45, 7) is 4.28. The average Bonchev–Trinajstić information content (AvgIpc) is 2.68. The van der Waals surface area contributed by atoms with E-state index in [1.165, 1.54) is 4.90 Å². The van der Waals surface area contributed by atoms with Crippen LogP contribution in [0.2, 0.25) is 0 Å². The first-order valence-electron chi connectivity index (χ1n) is 6.15. The van der Waals surface area contributed by atoms with Gasteiger partial charge in [-0.25, -0.2) is 4.79 Å². The lowest BCUT2D eigenvalue weighted by atomic mass is 9.99. The lowest BCUT2D eigenvalue weighted by molar-refractivity contribution is -0.129. The smallest absolute Gasteiger partial charge is 0.324 e. The Hall–Kier alpha value is -1.14. The molecule has 2 fully saturated rings. The number of carbonyl (C=O) groups excluding carboxylic acids is 2. The normalized spacial score (nSPS) is 30.5. The van der Waals surface area contributed by atoms with Crippen molar-refractivity contribution in [2.24, 2.45) is 5.73 Å². The minimum atomic E-state index is -0.267. The lowest BCUT2D eigenvalue weighted by Gasteiger charge is -2.36. The monoisotopic (exact) mass is 240 g/mol. The van der Waals surface area contributed by atoms with Crippen LogP contribution >= 0.6 is 0 Å². The third-order valence-corrected chi connectivity index (χ3v) is 3.55. The van der Waals surface area contributed by atoms with E-state index in [9.17, 15) is 9.59 Å². The summed E-state index contributed by atoms with van der Waals surface area (Å²) < 4.78 is 0. The van der Waals surface area contributed by atoms with Crippen LogP contribution in [-0.2, 0) is 4.79 Å². The molecule has 0 saturated carbocycles. The average molecular weight is 240 g/mol. The van der Waals surface area contributed by atoms with Crippen LogP contribution in [0.1, 0.15) is 19.8 Å². The molecule has 96 valence electrons. The van der Waals surface area contributed by atoms with Crippen molar-refractivity contribution in [1.82, 2.24) is 15.1 Å². The predicted molar refractivity (Wildman–Crippen MR) is 63.4 cm³/mol. The van der Waals surface area contributed by atoms with E-state index in [4.69, 9.17) is 5.73 Å². The lowest BCUT2D eigenvalue weighted by Crippen LogP contribution is -2.50. The van der Waals surface area contributed by atoms with E-state index < -0.39 is 0 Å². The van der Waals surface area contributed by atoms with Gasteiger partial charge >= 0.3 is 6.03 Å². The van der Waals surface area contributed by atoms with Crippen molar-refractivity contribution < 1.29 is 9.59 Å². The number of nitrogens with one attached hydrogen (secondary N) is 1. The molecule has 0 radical (unpaired) electrons. The zero-order chi connectivity index (χ0) is 12.4. The second-order valence-corrected chi connectivity index (χ2v) is 4.88. The fraction of sp³-hybridized carbons (Fsp3) is 0.818. The number of urea groups is 1. The van der Waals surface area contributed by atoms with Gasteiger partial charge in [-0.15, -0.1) is 0 Å². The van der Waals surface area contributed by atoms with Gasteiger partial charge in [-0.2, -0.15) is 0 Å². The number of nitrogens with zero attached hydrogens (tertiary/aromatic N) is 2. The Bertz CT molecular complexity index is 321. The molecule has 3 N–H and O–H groups in total. The highest BCUT2D eigenvalue weighted by Crippen LogP contribution is 2.15. The van der Waals surface area contributed by atoms with Gasteiger partial charge in [0.2, 0.25) is 5.91 Å². The first-order valence-corrected chi connectivity index (χ1v) is 6.15. The van der Waals surface area contributed by atoms with Crippen LogP contribution in [0.5, 0.6) is 0 Å². The van der Waals surface area contributed by atoms with E-state index in [1.807, 2.05) is 0 Å². The zero-order valence-corrected chi connectivity index (χ0v) is 10.2. The number of likely N-dealkylation sites (tertiary alicyclic amines) is 1. The van der Waals surface area contributed by atoms with E-state index >= 15 is 0 Å². The molecule has 2 atom stereocenters. The number of nitrogens with two attached hydrogens (primary N) is 1. The molecule has 17 heavy (non-hydrogen) atoms. The van der Waals surface area contributed by atoms with Crippen molar-refractivity contribution in [2.75, 3.05) is 26.2 Å². The molecule has 0 aromatic rings. The molecule has 0 aromatic carbocycles. The molecule has 6 heteroatoms. The molecule has 2 unspecified atom stereocenters. The Morgan fingerprint density at radius 1 is 1.53 bits per heavy atom. The van der Waals surface area contributed by atoms with Crippen molar-refractivity contribution in [3.8, 4) is 0 Å². The van der Waals surface area contributed by atoms with Crippen molar-refractivity contribution in [1.29, 1.82) is 0 Å². The highest BCUT2D eigenvalue weighted by Gasteiger charge is 2.30. The van der Waals surface area contributed by atoms with Gasteiger partial charge in [-0.05, 0) is 19.8 Å². The molecule has 0 spiro atoms. The van der Waals surface area contributed by atoms with E-state index in [1.54, 1.807) is 0 Å². The Morgan fingerprint density at radius 3 is 2.88 bits per heavy atom. The van der Waals surface area contributed by atoms with Gasteiger partial charge in [0.05, 0.1) is 6.54 Å². The summed E-state index contributed by atoms with van der Waals surface area (Å²) in [7, 11) is 0. The molecule has 0 bridgehead atoms. The molecular weight excluding hydrogens is 220 g/mol. The van der Waals surface area contributed by atoms with Crippen LogP contribution in [0.4, 0.5) is 4.79 Å². The summed E-state index contributed by atoms with van der Waals surface area (Å²) in [5.41, 5.74) is 5.88. The number of hydrogen-bond donors (Lipinski definition) is 2. The standard InChI is InChI=1S/C11H20N4O2/c1-8-6-9(12)2-4-14(8)7-10(16)15-5-3-13-11(15)17/h8-9H,2-7,12H2,1H3,(H,13,17). The molecule has 3 amide bonds. The summed E-state index contributed by atoms with van der Waals surface area (Å²) in [4.78, 5) is 26.7. The first kappa shape index (κ1) is 12.3. The molecular formula is C11H20N4O2. The fourth-order valence-electron chi connectivity index (χ4n) is 2.46. The van der Waals surface area contributed by atoms with Crippen molar-refractivity contribution in [3.63, 3.8) is 0 Å². The Labute approximate surface area is 101 Å². The summed E-state index contributed by atoms with van der Waals surface area (Å²) in [6.07, 6.45) is 1.84. The zero-order valence-electron chi connectivity index (χ0n) is 10.2. The summed E-state index contributed by atoms with van der Waals surface area (Å²) in [6, 6.07) is 0.288. The van der Waals surface area contributed by atoms with Crippen LogP contribution in [-0.4, -0.2) is 60.0 Å². The fourth-order valence-corrected chi connectivity index (χ4v) is 2.46. The van der Waals surface area contributed by atoms with Crippen LogP contribution in [0, 0.1) is 0 Å². The number of rotatable bonds is 2. The van der Waals surface area contributed by atoms with Gasteiger partial charge in [0.1, 0.15) is 0 Å². The molecule has 2 aliphatic heterocycles. The molecule has 2 heterocycles. The number of piperidine rings is 1. The second kappa shape index (κ2) is 5.01. The quantitative estimate of drug-likeness (QED) is 0.672. The maximum absolute atomic E-state index is 11.9. The molecule has 0 aromatic heterocycles. The first-order chi connectivity index (χ1) is 8.08. The molecule has 2 rings (SSSR count). The Balaban J connectivity index is 1.88. The number of imide groups is 1. The third kappa shape index (κ3) is 2.76. The maximum Gasteiger partial charge on any atom is 0.324 e. The summed E-state index contributed by atoms with van der Waals surface area (Å²) >= 11 is 0. The van der Waals surface area contributed by atoms with Gasteiger partial charge in [0, 0.05) is 31.7 Å². The third-order valence-electron chi connectivity index (χ3n) is 3.55. The molecule has 2 aliphatic rings. The van der Waals surface area contributed by atoms with Gasteiger partial charge < -0.3 is 11.1 Å². The van der Waals surface area contributed by atoms with E-state index in [0.29, 0.717) is 25.7 Å². The van der Waals surface area contributed by atoms with Crippen LogP contribution < -0.4 is 11.1 Å². The molecule has 6 nitrogen and oxygen atoms in total. The van der Waals surface area contributed by atoms with E-state index in [-0.39, 0.29) is 18.0 Å². The Kier molecular flexibility index (Phi) is 3.63. The SMILES string of the molecule is CC1CC(N)CCN1CC(=O)N1CCNC1=O. The highest BCUT2D eigenvalue weighted by molar-refractivity contribution is 5.96. The van der Waals surface area contributed by atoms with Gasteiger partial charge in [0.25, 0.3) is 0 Å². The van der Waals surface area contributed by atoms with Crippen LogP contribution in [0.15, 0.2) is 0 Å². The van der Waals surface area contributed by atoms with E-state index in [2.05, 4.69) is 17.1 Å². The molecule has 0 aliphatic carbocycles. The minimum absolute atomic E-state index is 0.109. The van der Waals surface area contributed by atoms with Gasteiger partial charge in [-0.3, -0.25) is 14.6 Å². The summed E-state index contributed by atoms with van der Waals surface area (Å²) in [5.74, 6) is -0.109. The van der Waals surface area contributed by atoms with Crippen molar-refractivity contribution in [2.45, 2.75) is 31.8 Å². The van der Waals surface area contributed by atoms with Gasteiger partial charge in [0.15, 0.2) is 0 Å². The molecule has 2 saturated heterocycles. The maximum atomic E-state index is 11.9. The van der Waals surface area contributed by atoms with Crippen molar-refractivity contribution >= 4 is 11.9 Å². The number of amides is 3. The largest absolute Gasteiger partial charge is 0.336 e. The number of hydrogen-bond acceptors (Lipinski definition) is 4. The van der Waals surface area contributed by atoms with Gasteiger partial charge in [-0.1, -0.05) is 0 Å². The summed E-state index contributed by atoms with van der Waals surface area (Å²) in [5, 5.41) is 2.63. The highest BCUT2D eigenvalue weighted by atomic mass is 16.2. The Morgan fingerprint density at radius 2 is 2.29 bits per heavy atom. The second-order valence-electron chi connectivity index (χ2n) is 4.88. The van der Waals surface area contributed by atoms with Crippen LogP contribution in [0.3, 0.4) is 0 Å². The van der Waals surface area contributed by atoms with Crippen molar-refractivity contribution in [3.05, 3.63) is 0 Å². The van der Waals surface area contributed by atoms with Crippen LogP contribution in [0.25, 0.3) is 0 Å². The topological polar surface area (TPSA) is 78.7 Å².